The predicted octanol–water partition coefficient (Wildman–Crippen LogP) is 3.50. The molecule has 0 aliphatic rings. The number of oxazole rings is 1. The standard InChI is InChI=1S/C23H23N3O5/c1-3-26(4-2)23(29)16-8-7-9-17(14-16)24-20(27)15-30-22(28)13-12-21-25-18-10-5-6-11-19(18)31-21/h5-14H,3-4,15H2,1-2H3,(H,24,27)/b13-12+. The number of fused-ring (bicyclic) bond motifs is 1. The van der Waals surface area contributed by atoms with Crippen molar-refractivity contribution in [2.45, 2.75) is 13.8 Å². The van der Waals surface area contributed by atoms with Crippen LogP contribution in [0.2, 0.25) is 0 Å². The Hall–Kier alpha value is -3.94. The van der Waals surface area contributed by atoms with E-state index >= 15 is 0 Å². The fourth-order valence-corrected chi connectivity index (χ4v) is 2.91. The molecule has 0 radical (unpaired) electrons. The summed E-state index contributed by atoms with van der Waals surface area (Å²) >= 11 is 0. The van der Waals surface area contributed by atoms with Crippen molar-refractivity contribution in [2.24, 2.45) is 0 Å². The van der Waals surface area contributed by atoms with Crippen LogP contribution in [-0.4, -0.2) is 47.4 Å². The third-order valence-electron chi connectivity index (χ3n) is 4.46. The summed E-state index contributed by atoms with van der Waals surface area (Å²) in [6.07, 6.45) is 2.52. The minimum absolute atomic E-state index is 0.114. The molecule has 0 atom stereocenters. The lowest BCUT2D eigenvalue weighted by Crippen LogP contribution is -2.30. The van der Waals surface area contributed by atoms with E-state index in [9.17, 15) is 14.4 Å². The minimum atomic E-state index is -0.706. The van der Waals surface area contributed by atoms with Crippen molar-refractivity contribution >= 4 is 40.6 Å². The molecule has 8 nitrogen and oxygen atoms in total. The van der Waals surface area contributed by atoms with E-state index in [4.69, 9.17) is 9.15 Å². The van der Waals surface area contributed by atoms with E-state index in [1.54, 1.807) is 41.3 Å². The van der Waals surface area contributed by atoms with Crippen LogP contribution in [0.5, 0.6) is 0 Å². The van der Waals surface area contributed by atoms with Crippen LogP contribution in [-0.2, 0) is 14.3 Å². The summed E-state index contributed by atoms with van der Waals surface area (Å²) in [5, 5.41) is 2.62. The highest BCUT2D eigenvalue weighted by Gasteiger charge is 2.13. The average Bonchev–Trinajstić information content (AvgIpc) is 3.20. The highest BCUT2D eigenvalue weighted by molar-refractivity contribution is 5.98. The summed E-state index contributed by atoms with van der Waals surface area (Å²) in [5.74, 6) is -1.08. The lowest BCUT2D eigenvalue weighted by atomic mass is 10.1. The average molecular weight is 421 g/mol. The maximum Gasteiger partial charge on any atom is 0.331 e. The Kier molecular flexibility index (Phi) is 7.16. The molecule has 2 aromatic carbocycles. The van der Waals surface area contributed by atoms with Crippen LogP contribution in [0, 0.1) is 0 Å². The molecule has 0 aliphatic heterocycles. The first-order valence-corrected chi connectivity index (χ1v) is 9.89. The van der Waals surface area contributed by atoms with Gasteiger partial charge in [-0.05, 0) is 44.2 Å². The normalized spacial score (nSPS) is 10.9. The van der Waals surface area contributed by atoms with Gasteiger partial charge in [0.1, 0.15) is 5.52 Å². The molecule has 0 spiro atoms. The molecular formula is C23H23N3O5. The number of benzene rings is 2. The number of carbonyl (C=O) groups is 3. The number of para-hydroxylation sites is 2. The van der Waals surface area contributed by atoms with Crippen LogP contribution < -0.4 is 5.32 Å². The largest absolute Gasteiger partial charge is 0.452 e. The van der Waals surface area contributed by atoms with Crippen molar-refractivity contribution in [3.8, 4) is 0 Å². The molecule has 1 N–H and O–H groups in total. The molecule has 3 rings (SSSR count). The van der Waals surface area contributed by atoms with E-state index in [1.807, 2.05) is 26.0 Å². The number of anilines is 1. The number of hydrogen-bond donors (Lipinski definition) is 1. The Bertz CT molecular complexity index is 1080. The Morgan fingerprint density at radius 2 is 1.87 bits per heavy atom. The summed E-state index contributed by atoms with van der Waals surface area (Å²) in [6.45, 7) is 4.53. The Morgan fingerprint density at radius 1 is 1.10 bits per heavy atom. The van der Waals surface area contributed by atoms with Gasteiger partial charge in [0.05, 0.1) is 0 Å². The van der Waals surface area contributed by atoms with Crippen molar-refractivity contribution in [2.75, 3.05) is 25.0 Å². The van der Waals surface area contributed by atoms with Gasteiger partial charge in [0, 0.05) is 36.5 Å². The van der Waals surface area contributed by atoms with E-state index in [0.29, 0.717) is 35.4 Å². The number of amides is 2. The summed E-state index contributed by atoms with van der Waals surface area (Å²) in [4.78, 5) is 42.3. The van der Waals surface area contributed by atoms with Gasteiger partial charge in [-0.2, -0.15) is 0 Å². The van der Waals surface area contributed by atoms with Crippen LogP contribution in [0.3, 0.4) is 0 Å². The van der Waals surface area contributed by atoms with E-state index in [2.05, 4.69) is 10.3 Å². The molecule has 0 saturated carbocycles. The van der Waals surface area contributed by atoms with Crippen molar-refractivity contribution in [3.63, 3.8) is 0 Å². The second kappa shape index (κ2) is 10.2. The first-order chi connectivity index (χ1) is 15.0. The molecule has 1 heterocycles. The van der Waals surface area contributed by atoms with Gasteiger partial charge in [-0.25, -0.2) is 9.78 Å². The molecule has 2 amide bonds. The van der Waals surface area contributed by atoms with E-state index in [1.165, 1.54) is 6.08 Å². The number of carbonyl (C=O) groups excluding carboxylic acids is 3. The van der Waals surface area contributed by atoms with Crippen LogP contribution in [0.4, 0.5) is 5.69 Å². The number of rotatable bonds is 8. The minimum Gasteiger partial charge on any atom is -0.452 e. The fraction of sp³-hybridized carbons (Fsp3) is 0.217. The van der Waals surface area contributed by atoms with Crippen molar-refractivity contribution in [3.05, 3.63) is 66.1 Å². The third kappa shape index (κ3) is 5.79. The maximum atomic E-state index is 12.4. The quantitative estimate of drug-likeness (QED) is 0.441. The van der Waals surface area contributed by atoms with Crippen LogP contribution in [0.1, 0.15) is 30.1 Å². The number of ether oxygens (including phenoxy) is 1. The topological polar surface area (TPSA) is 102 Å². The molecular weight excluding hydrogens is 398 g/mol. The lowest BCUT2D eigenvalue weighted by molar-refractivity contribution is -0.142. The summed E-state index contributed by atoms with van der Waals surface area (Å²) in [5.41, 5.74) is 2.20. The van der Waals surface area contributed by atoms with Gasteiger partial charge in [0.15, 0.2) is 12.2 Å². The first-order valence-electron chi connectivity index (χ1n) is 9.89. The Balaban J connectivity index is 1.52. The van der Waals surface area contributed by atoms with E-state index in [0.717, 1.165) is 6.08 Å². The van der Waals surface area contributed by atoms with Crippen LogP contribution >= 0.6 is 0 Å². The number of nitrogens with zero attached hydrogens (tertiary/aromatic N) is 2. The number of hydrogen-bond acceptors (Lipinski definition) is 6. The van der Waals surface area contributed by atoms with Crippen LogP contribution in [0.15, 0.2) is 59.0 Å². The number of nitrogens with one attached hydrogen (secondary N) is 1. The van der Waals surface area contributed by atoms with Gasteiger partial charge in [0.25, 0.3) is 11.8 Å². The molecule has 0 unspecified atom stereocenters. The molecule has 0 saturated heterocycles. The summed E-state index contributed by atoms with van der Waals surface area (Å²) < 4.78 is 10.4. The molecule has 0 bridgehead atoms. The molecule has 31 heavy (non-hydrogen) atoms. The number of esters is 1. The van der Waals surface area contributed by atoms with Crippen molar-refractivity contribution in [1.29, 1.82) is 0 Å². The van der Waals surface area contributed by atoms with Crippen LogP contribution in [0.25, 0.3) is 17.2 Å². The second-order valence-corrected chi connectivity index (χ2v) is 6.57. The molecule has 0 aliphatic carbocycles. The van der Waals surface area contributed by atoms with Gasteiger partial charge in [-0.1, -0.05) is 18.2 Å². The van der Waals surface area contributed by atoms with E-state index < -0.39 is 18.5 Å². The lowest BCUT2D eigenvalue weighted by Gasteiger charge is -2.19. The zero-order chi connectivity index (χ0) is 22.2. The molecule has 1 aromatic heterocycles. The highest BCUT2D eigenvalue weighted by Crippen LogP contribution is 2.15. The number of aromatic nitrogens is 1. The second-order valence-electron chi connectivity index (χ2n) is 6.57. The predicted molar refractivity (Wildman–Crippen MR) is 116 cm³/mol. The van der Waals surface area contributed by atoms with E-state index in [-0.39, 0.29) is 11.8 Å². The molecule has 0 fully saturated rings. The summed E-state index contributed by atoms with van der Waals surface area (Å²) in [7, 11) is 0. The Labute approximate surface area is 179 Å². The van der Waals surface area contributed by atoms with Gasteiger partial charge in [-0.3, -0.25) is 9.59 Å². The smallest absolute Gasteiger partial charge is 0.331 e. The highest BCUT2D eigenvalue weighted by atomic mass is 16.5. The molecule has 160 valence electrons. The zero-order valence-electron chi connectivity index (χ0n) is 17.3. The third-order valence-corrected chi connectivity index (χ3v) is 4.46. The summed E-state index contributed by atoms with van der Waals surface area (Å²) in [6, 6.07) is 13.8. The van der Waals surface area contributed by atoms with Gasteiger partial charge >= 0.3 is 5.97 Å². The fourth-order valence-electron chi connectivity index (χ4n) is 2.91. The molecule has 3 aromatic rings. The maximum absolute atomic E-state index is 12.4. The van der Waals surface area contributed by atoms with Crippen molar-refractivity contribution in [1.82, 2.24) is 9.88 Å². The van der Waals surface area contributed by atoms with Gasteiger partial charge in [-0.15, -0.1) is 0 Å². The SMILES string of the molecule is CCN(CC)C(=O)c1cccc(NC(=O)COC(=O)/C=C/c2nc3ccccc3o2)c1. The monoisotopic (exact) mass is 421 g/mol. The van der Waals surface area contributed by atoms with Gasteiger partial charge < -0.3 is 19.4 Å². The van der Waals surface area contributed by atoms with Crippen molar-refractivity contribution < 1.29 is 23.5 Å². The Morgan fingerprint density at radius 3 is 2.61 bits per heavy atom. The zero-order valence-corrected chi connectivity index (χ0v) is 17.3. The van der Waals surface area contributed by atoms with Gasteiger partial charge in [0.2, 0.25) is 5.89 Å². The molecule has 8 heteroatoms. The first kappa shape index (κ1) is 21.8.